The molecule has 6 heteroatoms. The van der Waals surface area contributed by atoms with Crippen molar-refractivity contribution in [1.82, 2.24) is 10.3 Å². The van der Waals surface area contributed by atoms with Crippen LogP contribution in [-0.2, 0) is 6.54 Å². The van der Waals surface area contributed by atoms with Crippen LogP contribution < -0.4 is 10.1 Å². The van der Waals surface area contributed by atoms with Gasteiger partial charge in [-0.15, -0.1) is 0 Å². The molecular weight excluding hydrogens is 245 g/mol. The molecule has 0 aliphatic rings. The molecule has 0 spiro atoms. The second-order valence-corrected chi connectivity index (χ2v) is 3.89. The molecule has 0 aromatic carbocycles. The highest BCUT2D eigenvalue weighted by atomic mass is 19.4. The van der Waals surface area contributed by atoms with Crippen molar-refractivity contribution in [1.29, 1.82) is 0 Å². The van der Waals surface area contributed by atoms with Gasteiger partial charge in [-0.3, -0.25) is 0 Å². The molecule has 1 heterocycles. The van der Waals surface area contributed by atoms with E-state index in [0.717, 1.165) is 18.5 Å². The summed E-state index contributed by atoms with van der Waals surface area (Å²) < 4.78 is 40.8. The SMILES string of the molecule is CCCNCc1ccnc(OCCC(F)(F)F)c1. The van der Waals surface area contributed by atoms with E-state index < -0.39 is 19.2 Å². The molecule has 0 aliphatic carbocycles. The first-order valence-corrected chi connectivity index (χ1v) is 5.86. The molecular formula is C12H17F3N2O. The highest BCUT2D eigenvalue weighted by molar-refractivity contribution is 5.20. The molecule has 0 saturated heterocycles. The molecule has 1 aromatic rings. The summed E-state index contributed by atoms with van der Waals surface area (Å²) in [5.74, 6) is 0.232. The Hall–Kier alpha value is -1.30. The fourth-order valence-electron chi connectivity index (χ4n) is 1.32. The average molecular weight is 262 g/mol. The molecule has 1 aromatic heterocycles. The van der Waals surface area contributed by atoms with Crippen molar-refractivity contribution in [3.8, 4) is 5.88 Å². The van der Waals surface area contributed by atoms with Gasteiger partial charge in [-0.05, 0) is 24.6 Å². The Balaban J connectivity index is 2.39. The van der Waals surface area contributed by atoms with Crippen molar-refractivity contribution in [3.63, 3.8) is 0 Å². The molecule has 102 valence electrons. The van der Waals surface area contributed by atoms with Gasteiger partial charge in [-0.25, -0.2) is 4.98 Å². The van der Waals surface area contributed by atoms with Gasteiger partial charge in [0.15, 0.2) is 0 Å². The van der Waals surface area contributed by atoms with Crippen molar-refractivity contribution >= 4 is 0 Å². The smallest absolute Gasteiger partial charge is 0.392 e. The van der Waals surface area contributed by atoms with Crippen LogP contribution in [0.1, 0.15) is 25.3 Å². The summed E-state index contributed by atoms with van der Waals surface area (Å²) in [7, 11) is 0. The van der Waals surface area contributed by atoms with Crippen LogP contribution >= 0.6 is 0 Å². The molecule has 0 fully saturated rings. The third-order valence-corrected chi connectivity index (χ3v) is 2.19. The van der Waals surface area contributed by atoms with Crippen LogP contribution in [0.15, 0.2) is 18.3 Å². The Morgan fingerprint density at radius 2 is 2.17 bits per heavy atom. The maximum atomic E-state index is 11.9. The van der Waals surface area contributed by atoms with Crippen LogP contribution in [0.2, 0.25) is 0 Å². The Labute approximate surface area is 104 Å². The van der Waals surface area contributed by atoms with E-state index in [0.29, 0.717) is 6.54 Å². The van der Waals surface area contributed by atoms with Gasteiger partial charge in [0.1, 0.15) is 0 Å². The van der Waals surface area contributed by atoms with E-state index in [-0.39, 0.29) is 5.88 Å². The van der Waals surface area contributed by atoms with Gasteiger partial charge in [0.2, 0.25) is 5.88 Å². The number of ether oxygens (including phenoxy) is 1. The van der Waals surface area contributed by atoms with Gasteiger partial charge in [-0.2, -0.15) is 13.2 Å². The van der Waals surface area contributed by atoms with Gasteiger partial charge in [0, 0.05) is 18.8 Å². The molecule has 3 nitrogen and oxygen atoms in total. The summed E-state index contributed by atoms with van der Waals surface area (Å²) in [6, 6.07) is 3.46. The van der Waals surface area contributed by atoms with Crippen LogP contribution in [0.3, 0.4) is 0 Å². The number of halogens is 3. The van der Waals surface area contributed by atoms with Crippen LogP contribution in [0.25, 0.3) is 0 Å². The number of rotatable bonds is 7. The van der Waals surface area contributed by atoms with Crippen LogP contribution in [0, 0.1) is 0 Å². The number of hydrogen-bond donors (Lipinski definition) is 1. The second-order valence-electron chi connectivity index (χ2n) is 3.89. The highest BCUT2D eigenvalue weighted by Gasteiger charge is 2.26. The zero-order valence-corrected chi connectivity index (χ0v) is 10.3. The summed E-state index contributed by atoms with van der Waals surface area (Å²) in [5.41, 5.74) is 0.945. The Kier molecular flexibility index (Phi) is 5.91. The first-order chi connectivity index (χ1) is 8.51. The minimum Gasteiger partial charge on any atom is -0.477 e. The molecule has 0 unspecified atom stereocenters. The van der Waals surface area contributed by atoms with Gasteiger partial charge in [0.05, 0.1) is 13.0 Å². The van der Waals surface area contributed by atoms with E-state index in [1.165, 1.54) is 6.20 Å². The largest absolute Gasteiger partial charge is 0.477 e. The van der Waals surface area contributed by atoms with Crippen molar-refractivity contribution < 1.29 is 17.9 Å². The normalized spacial score (nSPS) is 11.6. The average Bonchev–Trinajstić information content (AvgIpc) is 2.28. The summed E-state index contributed by atoms with van der Waals surface area (Å²) in [4.78, 5) is 3.87. The van der Waals surface area contributed by atoms with E-state index in [9.17, 15) is 13.2 Å². The van der Waals surface area contributed by atoms with Gasteiger partial charge in [-0.1, -0.05) is 6.92 Å². The summed E-state index contributed by atoms with van der Waals surface area (Å²) >= 11 is 0. The van der Waals surface area contributed by atoms with Crippen LogP contribution in [-0.4, -0.2) is 24.3 Å². The van der Waals surface area contributed by atoms with Gasteiger partial charge >= 0.3 is 6.18 Å². The molecule has 0 atom stereocenters. The first-order valence-electron chi connectivity index (χ1n) is 5.86. The molecule has 0 radical (unpaired) electrons. The predicted molar refractivity (Wildman–Crippen MR) is 62.4 cm³/mol. The monoisotopic (exact) mass is 262 g/mol. The Bertz CT molecular complexity index is 355. The Morgan fingerprint density at radius 3 is 2.83 bits per heavy atom. The summed E-state index contributed by atoms with van der Waals surface area (Å²) in [6.45, 7) is 3.21. The summed E-state index contributed by atoms with van der Waals surface area (Å²) in [6.07, 6.45) is -2.60. The maximum absolute atomic E-state index is 11.9. The Morgan fingerprint density at radius 1 is 1.39 bits per heavy atom. The van der Waals surface area contributed by atoms with E-state index in [1.54, 1.807) is 12.1 Å². The lowest BCUT2D eigenvalue weighted by molar-refractivity contribution is -0.139. The molecule has 0 aliphatic heterocycles. The minimum absolute atomic E-state index is 0.232. The van der Waals surface area contributed by atoms with E-state index in [1.807, 2.05) is 0 Å². The zero-order valence-electron chi connectivity index (χ0n) is 10.3. The number of aromatic nitrogens is 1. The quantitative estimate of drug-likeness (QED) is 0.767. The third-order valence-electron chi connectivity index (χ3n) is 2.19. The van der Waals surface area contributed by atoms with Gasteiger partial charge in [0.25, 0.3) is 0 Å². The highest BCUT2D eigenvalue weighted by Crippen LogP contribution is 2.19. The van der Waals surface area contributed by atoms with E-state index in [4.69, 9.17) is 4.74 Å². The number of nitrogens with zero attached hydrogens (tertiary/aromatic N) is 1. The lowest BCUT2D eigenvalue weighted by Gasteiger charge is -2.09. The van der Waals surface area contributed by atoms with Crippen LogP contribution in [0.4, 0.5) is 13.2 Å². The lowest BCUT2D eigenvalue weighted by atomic mass is 10.2. The molecule has 1 N–H and O–H groups in total. The standard InChI is InChI=1S/C12H17F3N2O/c1-2-5-16-9-10-3-6-17-11(8-10)18-7-4-12(13,14)15/h3,6,8,16H,2,4-5,7,9H2,1H3. The summed E-state index contributed by atoms with van der Waals surface area (Å²) in [5, 5.41) is 3.20. The van der Waals surface area contributed by atoms with Crippen molar-refractivity contribution in [3.05, 3.63) is 23.9 Å². The van der Waals surface area contributed by atoms with E-state index in [2.05, 4.69) is 17.2 Å². The number of hydrogen-bond acceptors (Lipinski definition) is 3. The fourth-order valence-corrected chi connectivity index (χ4v) is 1.32. The number of nitrogens with one attached hydrogen (secondary N) is 1. The maximum Gasteiger partial charge on any atom is 0.392 e. The molecule has 18 heavy (non-hydrogen) atoms. The van der Waals surface area contributed by atoms with Gasteiger partial charge < -0.3 is 10.1 Å². The zero-order chi connectivity index (χ0) is 13.4. The molecule has 0 amide bonds. The molecule has 0 saturated carbocycles. The topological polar surface area (TPSA) is 34.2 Å². The fraction of sp³-hybridized carbons (Fsp3) is 0.583. The van der Waals surface area contributed by atoms with Crippen molar-refractivity contribution in [2.45, 2.75) is 32.5 Å². The van der Waals surface area contributed by atoms with Crippen molar-refractivity contribution in [2.24, 2.45) is 0 Å². The predicted octanol–water partition coefficient (Wildman–Crippen LogP) is 2.91. The molecule has 0 bridgehead atoms. The first kappa shape index (κ1) is 14.8. The van der Waals surface area contributed by atoms with Crippen molar-refractivity contribution in [2.75, 3.05) is 13.2 Å². The van der Waals surface area contributed by atoms with E-state index >= 15 is 0 Å². The number of pyridine rings is 1. The number of alkyl halides is 3. The lowest BCUT2D eigenvalue weighted by Crippen LogP contribution is -2.15. The second kappa shape index (κ2) is 7.20. The minimum atomic E-state index is -4.19. The molecule has 1 rings (SSSR count). The third kappa shape index (κ3) is 6.44. The van der Waals surface area contributed by atoms with Crippen LogP contribution in [0.5, 0.6) is 5.88 Å².